The number of amides is 1. The smallest absolute Gasteiger partial charge is 0.309 e. The molecule has 1 saturated carbocycles. The zero-order valence-electron chi connectivity index (χ0n) is 12.5. The van der Waals surface area contributed by atoms with E-state index in [1.807, 2.05) is 0 Å². The molecule has 1 rings (SSSR count). The van der Waals surface area contributed by atoms with Crippen LogP contribution in [0.4, 0.5) is 0 Å². The lowest BCUT2D eigenvalue weighted by molar-refractivity contribution is -0.144. The molecule has 1 atom stereocenters. The van der Waals surface area contributed by atoms with Gasteiger partial charge < -0.3 is 15.2 Å². The number of hydrogen-bond acceptors (Lipinski definition) is 5. The molecule has 2 N–H and O–H groups in total. The molecule has 0 radical (unpaired) electrons. The fourth-order valence-electron chi connectivity index (χ4n) is 2.32. The molecule has 6 nitrogen and oxygen atoms in total. The summed E-state index contributed by atoms with van der Waals surface area (Å²) in [6.45, 7) is 3.06. The summed E-state index contributed by atoms with van der Waals surface area (Å²) < 4.78 is 5.67. The van der Waals surface area contributed by atoms with Gasteiger partial charge in [-0.2, -0.15) is 0 Å². The molecule has 0 saturated heterocycles. The molecule has 0 heterocycles. The molecule has 120 valence electrons. The number of carboxylic acids is 1. The highest BCUT2D eigenvalue weighted by Gasteiger charge is 2.25. The topological polar surface area (TPSA) is 92.7 Å². The molecule has 0 aliphatic heterocycles. The second-order valence-corrected chi connectivity index (χ2v) is 6.54. The van der Waals surface area contributed by atoms with Crippen LogP contribution in [-0.2, 0) is 19.1 Å². The molecule has 0 bridgehead atoms. The second-order valence-electron chi connectivity index (χ2n) is 5.35. The highest BCUT2D eigenvalue weighted by molar-refractivity contribution is 8.13. The number of thioether (sulfide) groups is 1. The minimum Gasteiger partial charge on any atom is -0.481 e. The largest absolute Gasteiger partial charge is 0.481 e. The summed E-state index contributed by atoms with van der Waals surface area (Å²) in [7, 11) is 0. The van der Waals surface area contributed by atoms with Crippen LogP contribution in [0.2, 0.25) is 0 Å². The van der Waals surface area contributed by atoms with E-state index in [0.29, 0.717) is 0 Å². The van der Waals surface area contributed by atoms with Crippen LogP contribution in [0.25, 0.3) is 0 Å². The van der Waals surface area contributed by atoms with E-state index in [-0.39, 0.29) is 35.5 Å². The van der Waals surface area contributed by atoms with Crippen LogP contribution in [0.1, 0.15) is 39.5 Å². The van der Waals surface area contributed by atoms with E-state index < -0.39 is 11.9 Å². The van der Waals surface area contributed by atoms with Crippen LogP contribution in [0.15, 0.2) is 0 Å². The number of ether oxygens (including phenoxy) is 1. The fraction of sp³-hybridized carbons (Fsp3) is 0.786. The third-order valence-electron chi connectivity index (χ3n) is 3.45. The zero-order valence-corrected chi connectivity index (χ0v) is 13.3. The lowest BCUT2D eigenvalue weighted by atomic mass is 9.93. The van der Waals surface area contributed by atoms with Gasteiger partial charge in [0.2, 0.25) is 5.91 Å². The molecule has 1 amide bonds. The van der Waals surface area contributed by atoms with E-state index in [9.17, 15) is 14.4 Å². The summed E-state index contributed by atoms with van der Waals surface area (Å²) in [5.74, 6) is -1.37. The average Bonchev–Trinajstić information content (AvgIpc) is 2.39. The summed E-state index contributed by atoms with van der Waals surface area (Å²) in [5, 5.41) is 11.9. The first-order chi connectivity index (χ1) is 9.88. The third kappa shape index (κ3) is 7.47. The van der Waals surface area contributed by atoms with Crippen molar-refractivity contribution in [3.8, 4) is 0 Å². The van der Waals surface area contributed by atoms with Crippen molar-refractivity contribution >= 4 is 28.8 Å². The highest BCUT2D eigenvalue weighted by atomic mass is 32.2. The van der Waals surface area contributed by atoms with Crippen LogP contribution in [0.5, 0.6) is 0 Å². The number of aliphatic carboxylic acids is 1. The molecular weight excluding hydrogens is 294 g/mol. The zero-order chi connectivity index (χ0) is 15.8. The standard InChI is InChI=1S/C14H23NO5S/c1-9(16)15-12-3-5-13(6-4-12)20-7-11(14(18)19)8-21-10(2)17/h11-13H,3-8H2,1-2H3,(H,15,16)(H,18,19). The summed E-state index contributed by atoms with van der Waals surface area (Å²) in [6, 6.07) is 0.200. The lowest BCUT2D eigenvalue weighted by Crippen LogP contribution is -2.38. The first kappa shape index (κ1) is 18.0. The number of hydrogen-bond donors (Lipinski definition) is 2. The van der Waals surface area contributed by atoms with Gasteiger partial charge in [-0.15, -0.1) is 0 Å². The van der Waals surface area contributed by atoms with Crippen LogP contribution in [-0.4, -0.2) is 46.6 Å². The Balaban J connectivity index is 2.29. The SMILES string of the molecule is CC(=O)NC1CCC(OCC(CSC(C)=O)C(=O)O)CC1. The van der Waals surface area contributed by atoms with Crippen LogP contribution >= 0.6 is 11.8 Å². The molecule has 1 aliphatic carbocycles. The van der Waals surface area contributed by atoms with Gasteiger partial charge in [0.05, 0.1) is 18.6 Å². The highest BCUT2D eigenvalue weighted by Crippen LogP contribution is 2.22. The number of carboxylic acid groups (broad SMARTS) is 1. The van der Waals surface area contributed by atoms with E-state index in [1.165, 1.54) is 13.8 Å². The molecule has 0 aromatic heterocycles. The molecule has 0 aromatic rings. The van der Waals surface area contributed by atoms with E-state index in [1.54, 1.807) is 0 Å². The van der Waals surface area contributed by atoms with E-state index in [2.05, 4.69) is 5.32 Å². The van der Waals surface area contributed by atoms with E-state index in [0.717, 1.165) is 37.4 Å². The third-order valence-corrected chi connectivity index (χ3v) is 4.43. The Kier molecular flexibility index (Phi) is 7.74. The maximum Gasteiger partial charge on any atom is 0.309 e. The Hall–Kier alpha value is -1.08. The predicted molar refractivity (Wildman–Crippen MR) is 80.1 cm³/mol. The van der Waals surface area contributed by atoms with Crippen molar-refractivity contribution in [2.75, 3.05) is 12.4 Å². The average molecular weight is 317 g/mol. The Morgan fingerprint density at radius 3 is 2.33 bits per heavy atom. The normalized spacial score (nSPS) is 23.3. The van der Waals surface area contributed by atoms with Gasteiger partial charge in [-0.25, -0.2) is 0 Å². The molecule has 1 aliphatic rings. The quantitative estimate of drug-likeness (QED) is 0.738. The van der Waals surface area contributed by atoms with Crippen molar-refractivity contribution in [3.05, 3.63) is 0 Å². The van der Waals surface area contributed by atoms with Crippen molar-refractivity contribution in [1.82, 2.24) is 5.32 Å². The first-order valence-corrected chi connectivity index (χ1v) is 8.12. The second kappa shape index (κ2) is 9.04. The van der Waals surface area contributed by atoms with Crippen molar-refractivity contribution < 1.29 is 24.2 Å². The number of carbonyl (C=O) groups excluding carboxylic acids is 2. The number of rotatable bonds is 7. The predicted octanol–water partition coefficient (Wildman–Crippen LogP) is 1.43. The number of carbonyl (C=O) groups is 3. The van der Waals surface area contributed by atoms with Gasteiger partial charge in [-0.3, -0.25) is 14.4 Å². The molecular formula is C14H23NO5S. The Bertz CT molecular complexity index is 380. The van der Waals surface area contributed by atoms with Crippen molar-refractivity contribution in [2.24, 2.45) is 5.92 Å². The minimum atomic E-state index is -0.935. The van der Waals surface area contributed by atoms with Gasteiger partial charge in [-0.05, 0) is 25.7 Å². The maximum atomic E-state index is 11.1. The van der Waals surface area contributed by atoms with Gasteiger partial charge in [0.25, 0.3) is 0 Å². The monoisotopic (exact) mass is 317 g/mol. The van der Waals surface area contributed by atoms with Crippen molar-refractivity contribution in [2.45, 2.75) is 51.7 Å². The van der Waals surface area contributed by atoms with E-state index >= 15 is 0 Å². The summed E-state index contributed by atoms with van der Waals surface area (Å²) in [6.07, 6.45) is 3.38. The van der Waals surface area contributed by atoms with Gasteiger partial charge in [0, 0.05) is 25.6 Å². The van der Waals surface area contributed by atoms with Crippen molar-refractivity contribution in [1.29, 1.82) is 0 Å². The van der Waals surface area contributed by atoms with Gasteiger partial charge in [-0.1, -0.05) is 11.8 Å². The summed E-state index contributed by atoms with van der Waals surface area (Å²) >= 11 is 1.01. The molecule has 21 heavy (non-hydrogen) atoms. The van der Waals surface area contributed by atoms with Crippen LogP contribution in [0, 0.1) is 5.92 Å². The van der Waals surface area contributed by atoms with Crippen LogP contribution < -0.4 is 5.32 Å². The van der Waals surface area contributed by atoms with Crippen molar-refractivity contribution in [3.63, 3.8) is 0 Å². The van der Waals surface area contributed by atoms with Gasteiger partial charge in [0.15, 0.2) is 5.12 Å². The Morgan fingerprint density at radius 2 is 1.86 bits per heavy atom. The number of nitrogens with one attached hydrogen (secondary N) is 1. The van der Waals surface area contributed by atoms with Crippen LogP contribution in [0.3, 0.4) is 0 Å². The van der Waals surface area contributed by atoms with Gasteiger partial charge >= 0.3 is 5.97 Å². The Labute approximate surface area is 129 Å². The molecule has 1 unspecified atom stereocenters. The first-order valence-electron chi connectivity index (χ1n) is 7.13. The molecule has 0 spiro atoms. The maximum absolute atomic E-state index is 11.1. The molecule has 7 heteroatoms. The molecule has 0 aromatic carbocycles. The summed E-state index contributed by atoms with van der Waals surface area (Å²) in [4.78, 5) is 33.0. The minimum absolute atomic E-state index is 0.0217. The fourth-order valence-corrected chi connectivity index (χ4v) is 3.00. The van der Waals surface area contributed by atoms with E-state index in [4.69, 9.17) is 9.84 Å². The molecule has 1 fully saturated rings. The van der Waals surface area contributed by atoms with Gasteiger partial charge in [0.1, 0.15) is 0 Å². The lowest BCUT2D eigenvalue weighted by Gasteiger charge is -2.29. The summed E-state index contributed by atoms with van der Waals surface area (Å²) in [5.41, 5.74) is 0. The Morgan fingerprint density at radius 1 is 1.24 bits per heavy atom.